The van der Waals surface area contributed by atoms with Crippen LogP contribution in [0.4, 0.5) is 0 Å². The van der Waals surface area contributed by atoms with Gasteiger partial charge in [-0.05, 0) is 0 Å². The molecule has 0 spiro atoms. The monoisotopic (exact) mass is 216 g/mol. The number of nitrogens with one attached hydrogen (secondary N) is 2. The molecular formula is C11H26N3O+3. The minimum atomic E-state index is 0.475. The van der Waals surface area contributed by atoms with Crippen LogP contribution in [0.15, 0.2) is 0 Å². The van der Waals surface area contributed by atoms with Gasteiger partial charge in [-0.25, -0.2) is 0 Å². The fourth-order valence-corrected chi connectivity index (χ4v) is 3.08. The lowest BCUT2D eigenvalue weighted by molar-refractivity contribution is -0.986. The van der Waals surface area contributed by atoms with Gasteiger partial charge in [0.15, 0.2) is 5.54 Å². The molecule has 2 heterocycles. The minimum Gasteiger partial charge on any atom is -0.370 e. The zero-order valence-corrected chi connectivity index (χ0v) is 9.98. The van der Waals surface area contributed by atoms with Crippen LogP contribution < -0.4 is 15.5 Å². The van der Waals surface area contributed by atoms with Crippen LogP contribution in [0.25, 0.3) is 0 Å². The first-order valence-electron chi connectivity index (χ1n) is 6.30. The largest absolute Gasteiger partial charge is 0.370 e. The summed E-state index contributed by atoms with van der Waals surface area (Å²) >= 11 is 0. The Morgan fingerprint density at radius 1 is 1.13 bits per heavy atom. The van der Waals surface area contributed by atoms with E-state index in [0.29, 0.717) is 5.54 Å². The summed E-state index contributed by atoms with van der Waals surface area (Å²) < 4.78 is 5.45. The number of hydrogen-bond acceptors (Lipinski definition) is 1. The van der Waals surface area contributed by atoms with Gasteiger partial charge in [0.25, 0.3) is 0 Å². The van der Waals surface area contributed by atoms with Crippen molar-refractivity contribution in [2.24, 2.45) is 0 Å². The molecule has 0 aromatic rings. The molecule has 2 aliphatic heterocycles. The van der Waals surface area contributed by atoms with Crippen LogP contribution in [0.5, 0.6) is 0 Å². The topological polar surface area (TPSA) is 45.8 Å². The fraction of sp³-hybridized carbons (Fsp3) is 1.00. The Morgan fingerprint density at radius 3 is 2.27 bits per heavy atom. The zero-order valence-electron chi connectivity index (χ0n) is 9.98. The summed E-state index contributed by atoms with van der Waals surface area (Å²) in [4.78, 5) is 3.45. The molecule has 2 fully saturated rings. The standard InChI is InChI=1S/C11H23N3O/c1-13-4-2-11(10-12,3-5-13)14-6-8-15-9-7-14/h2-10,12H2,1H3/p+3. The predicted octanol–water partition coefficient (Wildman–Crippen LogP) is -3.81. The van der Waals surface area contributed by atoms with Crippen LogP contribution >= 0.6 is 0 Å². The third-order valence-corrected chi connectivity index (χ3v) is 4.39. The molecule has 2 rings (SSSR count). The van der Waals surface area contributed by atoms with Gasteiger partial charge in [-0.2, -0.15) is 0 Å². The van der Waals surface area contributed by atoms with E-state index >= 15 is 0 Å². The molecule has 0 unspecified atom stereocenters. The number of piperidine rings is 1. The minimum absolute atomic E-state index is 0.475. The molecule has 0 amide bonds. The van der Waals surface area contributed by atoms with E-state index in [-0.39, 0.29) is 0 Å². The normalized spacial score (nSPS) is 39.2. The van der Waals surface area contributed by atoms with Gasteiger partial charge in [-0.3, -0.25) is 0 Å². The molecule has 0 aromatic heterocycles. The van der Waals surface area contributed by atoms with Crippen molar-refractivity contribution < 1.29 is 20.3 Å². The molecule has 0 saturated carbocycles. The molecule has 0 radical (unpaired) electrons. The van der Waals surface area contributed by atoms with E-state index in [1.807, 2.05) is 0 Å². The van der Waals surface area contributed by atoms with Crippen LogP contribution in [0.1, 0.15) is 12.8 Å². The predicted molar refractivity (Wildman–Crippen MR) is 57.9 cm³/mol. The maximum atomic E-state index is 5.45. The van der Waals surface area contributed by atoms with E-state index in [0.717, 1.165) is 19.8 Å². The Balaban J connectivity index is 2.00. The van der Waals surface area contributed by atoms with Crippen LogP contribution in [0.2, 0.25) is 0 Å². The lowest BCUT2D eigenvalue weighted by Crippen LogP contribution is -3.26. The second-order valence-electron chi connectivity index (χ2n) is 5.20. The molecule has 4 heteroatoms. The number of likely N-dealkylation sites (tertiary alicyclic amines) is 1. The Hall–Kier alpha value is -0.160. The van der Waals surface area contributed by atoms with E-state index in [1.165, 1.54) is 39.0 Å². The lowest BCUT2D eigenvalue weighted by Gasteiger charge is -2.43. The number of quaternary nitrogens is 3. The highest BCUT2D eigenvalue weighted by atomic mass is 16.5. The average molecular weight is 216 g/mol. The van der Waals surface area contributed by atoms with Crippen LogP contribution in [-0.2, 0) is 4.74 Å². The van der Waals surface area contributed by atoms with E-state index < -0.39 is 0 Å². The van der Waals surface area contributed by atoms with Gasteiger partial charge in [0.05, 0.1) is 46.2 Å². The third kappa shape index (κ3) is 2.33. The maximum Gasteiger partial charge on any atom is 0.158 e. The first-order valence-corrected chi connectivity index (χ1v) is 6.30. The van der Waals surface area contributed by atoms with Crippen LogP contribution in [-0.4, -0.2) is 58.5 Å². The van der Waals surface area contributed by atoms with Gasteiger partial charge >= 0.3 is 0 Å². The van der Waals surface area contributed by atoms with Gasteiger partial charge in [0.1, 0.15) is 19.6 Å². The van der Waals surface area contributed by atoms with Gasteiger partial charge in [0, 0.05) is 0 Å². The fourth-order valence-electron chi connectivity index (χ4n) is 3.08. The number of ether oxygens (including phenoxy) is 1. The van der Waals surface area contributed by atoms with Gasteiger partial charge in [0.2, 0.25) is 0 Å². The van der Waals surface area contributed by atoms with Crippen molar-refractivity contribution in [2.75, 3.05) is 53.0 Å². The summed E-state index contributed by atoms with van der Waals surface area (Å²) in [6, 6.07) is 0. The van der Waals surface area contributed by atoms with Crippen LogP contribution in [0, 0.1) is 0 Å². The van der Waals surface area contributed by atoms with E-state index in [9.17, 15) is 0 Å². The number of rotatable bonds is 2. The molecule has 0 atom stereocenters. The second kappa shape index (κ2) is 4.78. The van der Waals surface area contributed by atoms with Crippen molar-refractivity contribution in [2.45, 2.75) is 18.4 Å². The van der Waals surface area contributed by atoms with Crippen molar-refractivity contribution in [3.63, 3.8) is 0 Å². The first kappa shape index (κ1) is 11.3. The molecule has 0 aliphatic carbocycles. The highest BCUT2D eigenvalue weighted by Gasteiger charge is 2.45. The summed E-state index contributed by atoms with van der Waals surface area (Å²) in [6.45, 7) is 8.00. The van der Waals surface area contributed by atoms with Crippen molar-refractivity contribution in [3.05, 3.63) is 0 Å². The number of hydrogen-bond donors (Lipinski definition) is 3. The lowest BCUT2D eigenvalue weighted by atomic mass is 9.85. The Kier molecular flexibility index (Phi) is 3.61. The Bertz CT molecular complexity index is 196. The molecule has 2 aliphatic rings. The first-order chi connectivity index (χ1) is 7.27. The summed E-state index contributed by atoms with van der Waals surface area (Å²) in [5.74, 6) is 0. The smallest absolute Gasteiger partial charge is 0.158 e. The summed E-state index contributed by atoms with van der Waals surface area (Å²) in [5, 5.41) is 0. The van der Waals surface area contributed by atoms with Gasteiger partial charge in [-0.15, -0.1) is 0 Å². The maximum absolute atomic E-state index is 5.45. The molecule has 15 heavy (non-hydrogen) atoms. The summed E-state index contributed by atoms with van der Waals surface area (Å²) in [7, 11) is 2.31. The molecular weight excluding hydrogens is 190 g/mol. The molecule has 0 bridgehead atoms. The van der Waals surface area contributed by atoms with Crippen molar-refractivity contribution in [1.82, 2.24) is 0 Å². The van der Waals surface area contributed by atoms with E-state index in [1.54, 1.807) is 9.80 Å². The molecule has 0 aromatic carbocycles. The van der Waals surface area contributed by atoms with Crippen LogP contribution in [0.3, 0.4) is 0 Å². The molecule has 4 nitrogen and oxygen atoms in total. The molecule has 5 N–H and O–H groups in total. The SMILES string of the molecule is C[NH+]1CCC(C[NH3+])([NH+]2CCOCC2)CC1. The highest BCUT2D eigenvalue weighted by Crippen LogP contribution is 2.10. The second-order valence-corrected chi connectivity index (χ2v) is 5.20. The van der Waals surface area contributed by atoms with Crippen molar-refractivity contribution in [1.29, 1.82) is 0 Å². The Labute approximate surface area is 92.4 Å². The van der Waals surface area contributed by atoms with E-state index in [2.05, 4.69) is 12.8 Å². The highest BCUT2D eigenvalue weighted by molar-refractivity contribution is 4.80. The third-order valence-electron chi connectivity index (χ3n) is 4.39. The van der Waals surface area contributed by atoms with E-state index in [4.69, 9.17) is 4.74 Å². The van der Waals surface area contributed by atoms with Gasteiger partial charge in [-0.1, -0.05) is 0 Å². The summed E-state index contributed by atoms with van der Waals surface area (Å²) in [6.07, 6.45) is 2.69. The summed E-state index contributed by atoms with van der Waals surface area (Å²) in [5.41, 5.74) is 4.69. The average Bonchev–Trinajstić information content (AvgIpc) is 2.32. The number of morpholine rings is 1. The molecule has 2 saturated heterocycles. The van der Waals surface area contributed by atoms with Crippen molar-refractivity contribution in [3.8, 4) is 0 Å². The Morgan fingerprint density at radius 2 is 1.73 bits per heavy atom. The van der Waals surface area contributed by atoms with Gasteiger partial charge < -0.3 is 20.3 Å². The zero-order chi connectivity index (χ0) is 10.7. The molecule has 88 valence electrons. The van der Waals surface area contributed by atoms with Crippen molar-refractivity contribution >= 4 is 0 Å². The quantitative estimate of drug-likeness (QED) is 0.435.